The van der Waals surface area contributed by atoms with Gasteiger partial charge in [-0.1, -0.05) is 19.9 Å². The highest BCUT2D eigenvalue weighted by atomic mass is 32.2. The van der Waals surface area contributed by atoms with Crippen LogP contribution in [0.5, 0.6) is 0 Å². The number of aryl methyl sites for hydroxylation is 1. The molecular weight excluding hydrogens is 223 g/mol. The number of hydrogen-bond donors (Lipinski definition) is 1. The van der Waals surface area contributed by atoms with Gasteiger partial charge >= 0.3 is 0 Å². The Morgan fingerprint density at radius 3 is 2.75 bits per heavy atom. The number of thioether (sulfide) groups is 1. The van der Waals surface area contributed by atoms with E-state index in [0.29, 0.717) is 16.6 Å². The van der Waals surface area contributed by atoms with Crippen molar-refractivity contribution in [2.75, 3.05) is 5.75 Å². The third-order valence-corrected chi connectivity index (χ3v) is 4.12. The van der Waals surface area contributed by atoms with Crippen LogP contribution < -0.4 is 0 Å². The maximum atomic E-state index is 13.1. The average Bonchev–Trinajstić information content (AvgIpc) is 2.28. The molecule has 1 aromatic rings. The molecule has 2 atom stereocenters. The zero-order valence-electron chi connectivity index (χ0n) is 10.0. The van der Waals surface area contributed by atoms with Gasteiger partial charge in [0.15, 0.2) is 0 Å². The fraction of sp³-hybridized carbons (Fsp3) is 0.538. The molecule has 0 aliphatic rings. The standard InChI is InChI=1S/C13H19FOS/c1-4-10(3)16-8-13(15)12-7-11(14)6-5-9(12)2/h5-7,10,13,15H,4,8H2,1-3H3. The molecule has 0 bridgehead atoms. The summed E-state index contributed by atoms with van der Waals surface area (Å²) >= 11 is 1.72. The highest BCUT2D eigenvalue weighted by molar-refractivity contribution is 7.99. The van der Waals surface area contributed by atoms with Crippen LogP contribution >= 0.6 is 11.8 Å². The van der Waals surface area contributed by atoms with Crippen molar-refractivity contribution in [1.29, 1.82) is 0 Å². The van der Waals surface area contributed by atoms with E-state index in [9.17, 15) is 9.50 Å². The summed E-state index contributed by atoms with van der Waals surface area (Å²) in [7, 11) is 0. The summed E-state index contributed by atoms with van der Waals surface area (Å²) in [6, 6.07) is 4.56. The monoisotopic (exact) mass is 242 g/mol. The van der Waals surface area contributed by atoms with E-state index in [1.807, 2.05) is 6.92 Å². The van der Waals surface area contributed by atoms with Gasteiger partial charge in [-0.3, -0.25) is 0 Å². The summed E-state index contributed by atoms with van der Waals surface area (Å²) in [5.74, 6) is 0.340. The number of aliphatic hydroxyl groups is 1. The third-order valence-electron chi connectivity index (χ3n) is 2.71. The summed E-state index contributed by atoms with van der Waals surface area (Å²) in [6.07, 6.45) is 0.509. The van der Waals surface area contributed by atoms with Gasteiger partial charge < -0.3 is 5.11 Å². The van der Waals surface area contributed by atoms with Crippen LogP contribution in [0, 0.1) is 12.7 Å². The van der Waals surface area contributed by atoms with Crippen LogP contribution in [0.25, 0.3) is 0 Å². The smallest absolute Gasteiger partial charge is 0.123 e. The Balaban J connectivity index is 2.65. The normalized spacial score (nSPS) is 14.8. The second kappa shape index (κ2) is 6.26. The van der Waals surface area contributed by atoms with Crippen LogP contribution in [-0.2, 0) is 0 Å². The van der Waals surface area contributed by atoms with Gasteiger partial charge in [-0.25, -0.2) is 4.39 Å². The fourth-order valence-electron chi connectivity index (χ4n) is 1.43. The van der Waals surface area contributed by atoms with Crippen molar-refractivity contribution >= 4 is 11.8 Å². The van der Waals surface area contributed by atoms with E-state index in [1.165, 1.54) is 12.1 Å². The average molecular weight is 242 g/mol. The molecule has 0 spiro atoms. The molecular formula is C13H19FOS. The first-order valence-electron chi connectivity index (χ1n) is 5.60. The van der Waals surface area contributed by atoms with Gasteiger partial charge in [-0.05, 0) is 36.6 Å². The Bertz CT molecular complexity index is 341. The lowest BCUT2D eigenvalue weighted by Gasteiger charge is -2.15. The van der Waals surface area contributed by atoms with Gasteiger partial charge in [-0.15, -0.1) is 0 Å². The second-order valence-electron chi connectivity index (χ2n) is 4.07. The summed E-state index contributed by atoms with van der Waals surface area (Å²) < 4.78 is 13.1. The molecule has 0 aromatic heterocycles. The number of aliphatic hydroxyl groups excluding tert-OH is 1. The minimum absolute atomic E-state index is 0.284. The van der Waals surface area contributed by atoms with Crippen molar-refractivity contribution in [1.82, 2.24) is 0 Å². The van der Waals surface area contributed by atoms with Gasteiger partial charge in [0.05, 0.1) is 6.10 Å². The SMILES string of the molecule is CCC(C)SCC(O)c1cc(F)ccc1C. The molecule has 90 valence electrons. The Labute approximate surface area is 101 Å². The molecule has 3 heteroatoms. The van der Waals surface area contributed by atoms with E-state index in [4.69, 9.17) is 0 Å². The predicted octanol–water partition coefficient (Wildman–Crippen LogP) is 3.70. The topological polar surface area (TPSA) is 20.2 Å². The van der Waals surface area contributed by atoms with Crippen LogP contribution in [0.4, 0.5) is 4.39 Å². The van der Waals surface area contributed by atoms with E-state index >= 15 is 0 Å². The van der Waals surface area contributed by atoms with E-state index in [1.54, 1.807) is 17.8 Å². The maximum Gasteiger partial charge on any atom is 0.123 e. The van der Waals surface area contributed by atoms with Crippen molar-refractivity contribution in [3.63, 3.8) is 0 Å². The molecule has 0 aliphatic carbocycles. The molecule has 0 saturated heterocycles. The van der Waals surface area contributed by atoms with E-state index < -0.39 is 6.10 Å². The fourth-order valence-corrected chi connectivity index (χ4v) is 2.36. The second-order valence-corrected chi connectivity index (χ2v) is 5.54. The third kappa shape index (κ3) is 3.80. The Hall–Kier alpha value is -0.540. The molecule has 0 fully saturated rings. The number of halogens is 1. The Kier molecular flexibility index (Phi) is 5.29. The van der Waals surface area contributed by atoms with Gasteiger partial charge in [0.2, 0.25) is 0 Å². The first-order chi connectivity index (χ1) is 7.54. The summed E-state index contributed by atoms with van der Waals surface area (Å²) in [4.78, 5) is 0. The van der Waals surface area contributed by atoms with Gasteiger partial charge in [0.1, 0.15) is 5.82 Å². The van der Waals surface area contributed by atoms with Gasteiger partial charge in [0.25, 0.3) is 0 Å². The Morgan fingerprint density at radius 1 is 1.44 bits per heavy atom. The van der Waals surface area contributed by atoms with Gasteiger partial charge in [0, 0.05) is 11.0 Å². The van der Waals surface area contributed by atoms with Crippen LogP contribution in [0.2, 0.25) is 0 Å². The summed E-state index contributed by atoms with van der Waals surface area (Å²) in [5.41, 5.74) is 1.65. The maximum absolute atomic E-state index is 13.1. The van der Waals surface area contributed by atoms with E-state index in [0.717, 1.165) is 12.0 Å². The highest BCUT2D eigenvalue weighted by Gasteiger charge is 2.12. The minimum atomic E-state index is -0.574. The lowest BCUT2D eigenvalue weighted by atomic mass is 10.0. The molecule has 0 heterocycles. The van der Waals surface area contributed by atoms with Crippen molar-refractivity contribution < 1.29 is 9.50 Å². The molecule has 0 amide bonds. The Morgan fingerprint density at radius 2 is 2.12 bits per heavy atom. The molecule has 1 rings (SSSR count). The first-order valence-corrected chi connectivity index (χ1v) is 6.65. The lowest BCUT2D eigenvalue weighted by Crippen LogP contribution is -2.06. The number of benzene rings is 1. The zero-order valence-corrected chi connectivity index (χ0v) is 10.9. The summed E-state index contributed by atoms with van der Waals surface area (Å²) in [6.45, 7) is 6.15. The summed E-state index contributed by atoms with van der Waals surface area (Å²) in [5, 5.41) is 10.5. The molecule has 2 unspecified atom stereocenters. The first kappa shape index (κ1) is 13.5. The quantitative estimate of drug-likeness (QED) is 0.849. The van der Waals surface area contributed by atoms with Crippen molar-refractivity contribution in [2.24, 2.45) is 0 Å². The predicted molar refractivity (Wildman–Crippen MR) is 68.3 cm³/mol. The van der Waals surface area contributed by atoms with Crippen LogP contribution in [-0.4, -0.2) is 16.1 Å². The molecule has 0 saturated carbocycles. The van der Waals surface area contributed by atoms with E-state index in [2.05, 4.69) is 13.8 Å². The molecule has 1 N–H and O–H groups in total. The minimum Gasteiger partial charge on any atom is -0.388 e. The van der Waals surface area contributed by atoms with Crippen LogP contribution in [0.3, 0.4) is 0 Å². The van der Waals surface area contributed by atoms with Crippen LogP contribution in [0.1, 0.15) is 37.5 Å². The molecule has 1 nitrogen and oxygen atoms in total. The highest BCUT2D eigenvalue weighted by Crippen LogP contribution is 2.25. The largest absolute Gasteiger partial charge is 0.388 e. The lowest BCUT2D eigenvalue weighted by molar-refractivity contribution is 0.202. The molecule has 16 heavy (non-hydrogen) atoms. The van der Waals surface area contributed by atoms with Gasteiger partial charge in [-0.2, -0.15) is 11.8 Å². The molecule has 1 aromatic carbocycles. The van der Waals surface area contributed by atoms with Crippen molar-refractivity contribution in [3.8, 4) is 0 Å². The number of hydrogen-bond acceptors (Lipinski definition) is 2. The van der Waals surface area contributed by atoms with Crippen LogP contribution in [0.15, 0.2) is 18.2 Å². The van der Waals surface area contributed by atoms with Crippen molar-refractivity contribution in [2.45, 2.75) is 38.5 Å². The van der Waals surface area contributed by atoms with Crippen molar-refractivity contribution in [3.05, 3.63) is 35.1 Å². The zero-order chi connectivity index (χ0) is 12.1. The molecule has 0 aliphatic heterocycles. The van der Waals surface area contributed by atoms with E-state index in [-0.39, 0.29) is 5.82 Å². The molecule has 0 radical (unpaired) electrons. The number of rotatable bonds is 5.